The lowest BCUT2D eigenvalue weighted by molar-refractivity contribution is 0.196. The van der Waals surface area contributed by atoms with Crippen LogP contribution in [0.5, 0.6) is 11.5 Å². The van der Waals surface area contributed by atoms with E-state index in [1.165, 1.54) is 0 Å². The van der Waals surface area contributed by atoms with Crippen molar-refractivity contribution in [2.24, 2.45) is 0 Å². The van der Waals surface area contributed by atoms with Crippen molar-refractivity contribution in [1.82, 2.24) is 4.98 Å². The molecule has 1 aromatic carbocycles. The average Bonchev–Trinajstić information content (AvgIpc) is 2.54. The van der Waals surface area contributed by atoms with Crippen LogP contribution in [0.1, 0.15) is 18.5 Å². The number of benzene rings is 1. The van der Waals surface area contributed by atoms with Gasteiger partial charge in [0.05, 0.1) is 24.8 Å². The van der Waals surface area contributed by atoms with Crippen LogP contribution in [0.3, 0.4) is 0 Å². The van der Waals surface area contributed by atoms with Crippen LogP contribution in [0.4, 0.5) is 5.82 Å². The molecule has 2 N–H and O–H groups in total. The van der Waals surface area contributed by atoms with E-state index in [1.807, 2.05) is 31.2 Å². The molecule has 0 saturated heterocycles. The topological polar surface area (TPSA) is 63.6 Å². The van der Waals surface area contributed by atoms with Gasteiger partial charge >= 0.3 is 0 Å². The molecule has 0 aliphatic carbocycles. The molecule has 0 spiro atoms. The standard InChI is InChI=1S/C16H19ClN2O3/c1-11(19-16-6-4-13(17)10-18-16)12-3-5-14(22-8-7-20)15(9-12)21-2/h3-6,9-11,20H,7-8H2,1-2H3,(H,18,19)/t11-/m0/s1. The molecule has 2 aromatic rings. The van der Waals surface area contributed by atoms with Gasteiger partial charge in [-0.15, -0.1) is 0 Å². The zero-order valence-electron chi connectivity index (χ0n) is 12.5. The average molecular weight is 323 g/mol. The van der Waals surface area contributed by atoms with E-state index < -0.39 is 0 Å². The first-order chi connectivity index (χ1) is 10.6. The smallest absolute Gasteiger partial charge is 0.161 e. The van der Waals surface area contributed by atoms with Crippen LogP contribution in [-0.2, 0) is 0 Å². The summed E-state index contributed by atoms with van der Waals surface area (Å²) in [5.41, 5.74) is 1.03. The summed E-state index contributed by atoms with van der Waals surface area (Å²) in [5.74, 6) is 1.98. The van der Waals surface area contributed by atoms with Gasteiger partial charge in [-0.2, -0.15) is 0 Å². The Morgan fingerprint density at radius 2 is 2.09 bits per heavy atom. The Kier molecular flexibility index (Phi) is 5.86. The summed E-state index contributed by atoms with van der Waals surface area (Å²) in [7, 11) is 1.59. The van der Waals surface area contributed by atoms with Crippen molar-refractivity contribution in [3.05, 3.63) is 47.1 Å². The highest BCUT2D eigenvalue weighted by Crippen LogP contribution is 2.31. The van der Waals surface area contributed by atoms with E-state index in [-0.39, 0.29) is 19.3 Å². The summed E-state index contributed by atoms with van der Waals surface area (Å²) in [6.07, 6.45) is 1.60. The number of aliphatic hydroxyl groups is 1. The molecular weight excluding hydrogens is 304 g/mol. The summed E-state index contributed by atoms with van der Waals surface area (Å²) < 4.78 is 10.8. The van der Waals surface area contributed by atoms with Crippen molar-refractivity contribution in [3.8, 4) is 11.5 Å². The fourth-order valence-corrected chi connectivity index (χ4v) is 2.11. The zero-order chi connectivity index (χ0) is 15.9. The lowest BCUT2D eigenvalue weighted by Crippen LogP contribution is -2.09. The minimum absolute atomic E-state index is 0.0365. The van der Waals surface area contributed by atoms with Crippen molar-refractivity contribution < 1.29 is 14.6 Å². The van der Waals surface area contributed by atoms with Gasteiger partial charge in [0.15, 0.2) is 11.5 Å². The van der Waals surface area contributed by atoms with Crippen molar-refractivity contribution >= 4 is 17.4 Å². The molecule has 0 bridgehead atoms. The number of aliphatic hydroxyl groups excluding tert-OH is 1. The van der Waals surface area contributed by atoms with Gasteiger partial charge in [-0.25, -0.2) is 4.98 Å². The van der Waals surface area contributed by atoms with E-state index in [0.717, 1.165) is 11.4 Å². The highest BCUT2D eigenvalue weighted by Gasteiger charge is 2.11. The number of nitrogens with zero attached hydrogens (tertiary/aromatic N) is 1. The monoisotopic (exact) mass is 322 g/mol. The fourth-order valence-electron chi connectivity index (χ4n) is 1.99. The maximum atomic E-state index is 8.83. The molecule has 0 radical (unpaired) electrons. The van der Waals surface area contributed by atoms with E-state index in [4.69, 9.17) is 26.2 Å². The third-order valence-electron chi connectivity index (χ3n) is 3.13. The molecule has 0 aliphatic rings. The maximum absolute atomic E-state index is 8.83. The number of hydrogen-bond donors (Lipinski definition) is 2. The highest BCUT2D eigenvalue weighted by molar-refractivity contribution is 6.30. The Labute approximate surface area is 134 Å². The minimum atomic E-state index is -0.0366. The molecular formula is C16H19ClN2O3. The highest BCUT2D eigenvalue weighted by atomic mass is 35.5. The molecule has 0 saturated carbocycles. The van der Waals surface area contributed by atoms with Gasteiger partial charge in [-0.05, 0) is 36.8 Å². The van der Waals surface area contributed by atoms with Crippen LogP contribution >= 0.6 is 11.6 Å². The van der Waals surface area contributed by atoms with Gasteiger partial charge in [0.1, 0.15) is 12.4 Å². The van der Waals surface area contributed by atoms with Gasteiger partial charge in [0.25, 0.3) is 0 Å². The first-order valence-electron chi connectivity index (χ1n) is 6.93. The van der Waals surface area contributed by atoms with E-state index >= 15 is 0 Å². The van der Waals surface area contributed by atoms with Gasteiger partial charge in [0, 0.05) is 6.20 Å². The molecule has 0 unspecified atom stereocenters. The predicted octanol–water partition coefficient (Wildman–Crippen LogP) is 3.29. The normalized spacial score (nSPS) is 11.8. The van der Waals surface area contributed by atoms with Gasteiger partial charge in [-0.3, -0.25) is 0 Å². The number of hydrogen-bond acceptors (Lipinski definition) is 5. The fraction of sp³-hybridized carbons (Fsp3) is 0.312. The molecule has 1 heterocycles. The predicted molar refractivity (Wildman–Crippen MR) is 86.9 cm³/mol. The van der Waals surface area contributed by atoms with Crippen LogP contribution in [-0.4, -0.2) is 30.4 Å². The third kappa shape index (κ3) is 4.26. The molecule has 6 heteroatoms. The second-order valence-corrected chi connectivity index (χ2v) is 5.15. The largest absolute Gasteiger partial charge is 0.493 e. The number of nitrogens with one attached hydrogen (secondary N) is 1. The molecule has 0 aliphatic heterocycles. The molecule has 0 amide bonds. The number of rotatable bonds is 7. The van der Waals surface area contributed by atoms with Gasteiger partial charge in [-0.1, -0.05) is 17.7 Å². The Morgan fingerprint density at radius 1 is 1.27 bits per heavy atom. The van der Waals surface area contributed by atoms with Gasteiger partial charge in [0.2, 0.25) is 0 Å². The SMILES string of the molecule is COc1cc([C@H](C)Nc2ccc(Cl)cn2)ccc1OCCO. The summed E-state index contributed by atoms with van der Waals surface area (Å²) in [4.78, 5) is 4.22. The van der Waals surface area contributed by atoms with Crippen LogP contribution in [0.15, 0.2) is 36.5 Å². The number of aromatic nitrogens is 1. The maximum Gasteiger partial charge on any atom is 0.161 e. The Hall–Kier alpha value is -1.98. The second kappa shape index (κ2) is 7.87. The summed E-state index contributed by atoms with van der Waals surface area (Å²) >= 11 is 5.83. The first kappa shape index (κ1) is 16.4. The van der Waals surface area contributed by atoms with Crippen LogP contribution in [0.25, 0.3) is 0 Å². The number of methoxy groups -OCH3 is 1. The van der Waals surface area contributed by atoms with Crippen molar-refractivity contribution in [3.63, 3.8) is 0 Å². The molecule has 22 heavy (non-hydrogen) atoms. The van der Waals surface area contributed by atoms with Crippen LogP contribution in [0.2, 0.25) is 5.02 Å². The number of ether oxygens (including phenoxy) is 2. The van der Waals surface area contributed by atoms with Crippen molar-refractivity contribution in [2.45, 2.75) is 13.0 Å². The summed E-state index contributed by atoms with van der Waals surface area (Å²) in [5, 5.41) is 12.7. The van der Waals surface area contributed by atoms with Crippen molar-refractivity contribution in [2.75, 3.05) is 25.6 Å². The Bertz CT molecular complexity index is 605. The van der Waals surface area contributed by atoms with E-state index in [9.17, 15) is 0 Å². The molecule has 0 fully saturated rings. The first-order valence-corrected chi connectivity index (χ1v) is 7.31. The lowest BCUT2D eigenvalue weighted by atomic mass is 10.1. The van der Waals surface area contributed by atoms with E-state index in [1.54, 1.807) is 19.4 Å². The third-order valence-corrected chi connectivity index (χ3v) is 3.35. The molecule has 2 rings (SSSR count). The van der Waals surface area contributed by atoms with Crippen molar-refractivity contribution in [1.29, 1.82) is 0 Å². The van der Waals surface area contributed by atoms with E-state index in [0.29, 0.717) is 16.5 Å². The quantitative estimate of drug-likeness (QED) is 0.819. The lowest BCUT2D eigenvalue weighted by Gasteiger charge is -2.17. The van der Waals surface area contributed by atoms with E-state index in [2.05, 4.69) is 10.3 Å². The van der Waals surface area contributed by atoms with Crippen LogP contribution in [0, 0.1) is 0 Å². The zero-order valence-corrected chi connectivity index (χ0v) is 13.3. The van der Waals surface area contributed by atoms with Gasteiger partial charge < -0.3 is 19.9 Å². The Morgan fingerprint density at radius 3 is 2.73 bits per heavy atom. The number of anilines is 1. The molecule has 1 aromatic heterocycles. The molecule has 5 nitrogen and oxygen atoms in total. The minimum Gasteiger partial charge on any atom is -0.493 e. The Balaban J connectivity index is 2.11. The number of halogens is 1. The number of pyridine rings is 1. The second-order valence-electron chi connectivity index (χ2n) is 4.71. The molecule has 1 atom stereocenters. The summed E-state index contributed by atoms with van der Waals surface area (Å²) in [6.45, 7) is 2.22. The summed E-state index contributed by atoms with van der Waals surface area (Å²) in [6, 6.07) is 9.33. The van der Waals surface area contributed by atoms with Crippen LogP contribution < -0.4 is 14.8 Å². The molecule has 118 valence electrons.